The maximum Gasteiger partial charge on any atom is 0.329 e. The predicted molar refractivity (Wildman–Crippen MR) is 120 cm³/mol. The van der Waals surface area contributed by atoms with Crippen molar-refractivity contribution in [2.75, 3.05) is 18.5 Å². The molecule has 8 nitrogen and oxygen atoms in total. The Morgan fingerprint density at radius 1 is 1.10 bits per heavy atom. The summed E-state index contributed by atoms with van der Waals surface area (Å²) in [7, 11) is 0. The molecule has 0 aliphatic carbocycles. The number of anilines is 1. The van der Waals surface area contributed by atoms with E-state index in [4.69, 9.17) is 16.3 Å². The predicted octanol–water partition coefficient (Wildman–Crippen LogP) is 2.73. The molecular weight excluding hydrogens is 420 g/mol. The molecule has 0 radical (unpaired) electrons. The van der Waals surface area contributed by atoms with Gasteiger partial charge in [-0.3, -0.25) is 14.4 Å². The van der Waals surface area contributed by atoms with Crippen LogP contribution in [0.3, 0.4) is 0 Å². The van der Waals surface area contributed by atoms with Crippen LogP contribution in [0.15, 0.2) is 54.2 Å². The van der Waals surface area contributed by atoms with Crippen LogP contribution in [0.25, 0.3) is 0 Å². The Hall–Kier alpha value is -3.65. The lowest BCUT2D eigenvalue weighted by atomic mass is 10.1. The maximum absolute atomic E-state index is 12.2. The molecule has 31 heavy (non-hydrogen) atoms. The van der Waals surface area contributed by atoms with Crippen molar-refractivity contribution in [1.82, 2.24) is 10.7 Å². The molecule has 9 heteroatoms. The van der Waals surface area contributed by atoms with Gasteiger partial charge in [-0.05, 0) is 55.3 Å². The fourth-order valence-electron chi connectivity index (χ4n) is 2.37. The van der Waals surface area contributed by atoms with Gasteiger partial charge in [-0.1, -0.05) is 23.7 Å². The Morgan fingerprint density at radius 3 is 2.58 bits per heavy atom. The summed E-state index contributed by atoms with van der Waals surface area (Å²) in [4.78, 5) is 35.4. The Labute approximate surface area is 185 Å². The molecule has 0 bridgehead atoms. The van der Waals surface area contributed by atoms with Gasteiger partial charge in [0.25, 0.3) is 5.91 Å². The van der Waals surface area contributed by atoms with Crippen LogP contribution in [-0.2, 0) is 14.4 Å². The molecule has 3 amide bonds. The van der Waals surface area contributed by atoms with Gasteiger partial charge >= 0.3 is 11.8 Å². The Kier molecular flexibility index (Phi) is 8.78. The molecule has 0 spiro atoms. The number of halogens is 1. The fraction of sp³-hybridized carbons (Fsp3) is 0.182. The minimum Gasteiger partial charge on any atom is -0.483 e. The van der Waals surface area contributed by atoms with Crippen molar-refractivity contribution in [1.29, 1.82) is 0 Å². The van der Waals surface area contributed by atoms with Crippen molar-refractivity contribution >= 4 is 41.2 Å². The lowest BCUT2D eigenvalue weighted by Crippen LogP contribution is -2.37. The minimum atomic E-state index is -0.935. The number of ether oxygens (including phenoxy) is 1. The zero-order valence-corrected chi connectivity index (χ0v) is 18.0. The first kappa shape index (κ1) is 23.6. The summed E-state index contributed by atoms with van der Waals surface area (Å²) in [6.07, 6.45) is 2.71. The third-order valence-corrected chi connectivity index (χ3v) is 4.34. The molecule has 0 aliphatic rings. The van der Waals surface area contributed by atoms with Crippen molar-refractivity contribution in [3.8, 4) is 5.75 Å². The summed E-state index contributed by atoms with van der Waals surface area (Å²) in [6, 6.07) is 10.3. The van der Waals surface area contributed by atoms with Crippen LogP contribution < -0.4 is 20.8 Å². The summed E-state index contributed by atoms with van der Waals surface area (Å²) < 4.78 is 5.57. The summed E-state index contributed by atoms with van der Waals surface area (Å²) in [6.45, 7) is 7.31. The quantitative estimate of drug-likeness (QED) is 0.253. The minimum absolute atomic E-state index is 0.159. The molecule has 2 rings (SSSR count). The van der Waals surface area contributed by atoms with E-state index in [-0.39, 0.29) is 19.1 Å². The summed E-state index contributed by atoms with van der Waals surface area (Å²) >= 11 is 6.01. The fourth-order valence-corrected chi connectivity index (χ4v) is 2.55. The zero-order valence-electron chi connectivity index (χ0n) is 17.2. The highest BCUT2D eigenvalue weighted by molar-refractivity contribution is 6.35. The van der Waals surface area contributed by atoms with Crippen LogP contribution in [0.5, 0.6) is 5.75 Å². The molecule has 2 aromatic carbocycles. The molecule has 0 saturated carbocycles. The number of amides is 3. The van der Waals surface area contributed by atoms with Gasteiger partial charge in [-0.2, -0.15) is 5.10 Å². The van der Waals surface area contributed by atoms with Gasteiger partial charge in [0.05, 0.1) is 6.21 Å². The summed E-state index contributed by atoms with van der Waals surface area (Å²) in [5.74, 6) is -1.79. The zero-order chi connectivity index (χ0) is 22.8. The van der Waals surface area contributed by atoms with Gasteiger partial charge in [0.15, 0.2) is 6.61 Å². The highest BCUT2D eigenvalue weighted by atomic mass is 35.5. The molecule has 0 heterocycles. The van der Waals surface area contributed by atoms with Crippen molar-refractivity contribution in [3.63, 3.8) is 0 Å². The normalized spacial score (nSPS) is 10.4. The maximum atomic E-state index is 12.2. The SMILES string of the molecule is C=CCNC(=O)C(=O)N/N=C\c1cc(Cl)ccc1OCC(=O)Nc1ccc(C)c(C)c1. The van der Waals surface area contributed by atoms with E-state index >= 15 is 0 Å². The Balaban J connectivity index is 1.98. The lowest BCUT2D eigenvalue weighted by molar-refractivity contribution is -0.139. The number of carbonyl (C=O) groups excluding carboxylic acids is 3. The van der Waals surface area contributed by atoms with Gasteiger partial charge in [0, 0.05) is 22.8 Å². The summed E-state index contributed by atoms with van der Waals surface area (Å²) in [5, 5.41) is 9.23. The molecule has 2 aromatic rings. The number of rotatable bonds is 8. The van der Waals surface area contributed by atoms with E-state index in [1.54, 1.807) is 18.2 Å². The molecule has 3 N–H and O–H groups in total. The Morgan fingerprint density at radius 2 is 1.87 bits per heavy atom. The number of carbonyl (C=O) groups is 3. The molecule has 0 fully saturated rings. The van der Waals surface area contributed by atoms with E-state index in [0.717, 1.165) is 11.1 Å². The van der Waals surface area contributed by atoms with Crippen molar-refractivity contribution < 1.29 is 19.1 Å². The lowest BCUT2D eigenvalue weighted by Gasteiger charge is -2.11. The number of aryl methyl sites for hydroxylation is 2. The van der Waals surface area contributed by atoms with Crippen molar-refractivity contribution in [2.24, 2.45) is 5.10 Å². The molecule has 0 aromatic heterocycles. The van der Waals surface area contributed by atoms with Crippen LogP contribution in [0.2, 0.25) is 5.02 Å². The smallest absolute Gasteiger partial charge is 0.329 e. The number of nitrogens with one attached hydrogen (secondary N) is 3. The highest BCUT2D eigenvalue weighted by Crippen LogP contribution is 2.21. The standard InChI is InChI=1S/C22H23ClN4O4/c1-4-9-24-21(29)22(30)27-25-12-16-11-17(23)6-8-19(16)31-13-20(28)26-18-7-5-14(2)15(3)10-18/h4-8,10-12H,1,9,13H2,2-3H3,(H,24,29)(H,26,28)(H,27,30)/b25-12-. The Bertz CT molecular complexity index is 1020. The van der Waals surface area contributed by atoms with Crippen LogP contribution in [-0.4, -0.2) is 37.1 Å². The van der Waals surface area contributed by atoms with Gasteiger partial charge in [-0.15, -0.1) is 6.58 Å². The second-order valence-corrected chi connectivity index (χ2v) is 6.95. The monoisotopic (exact) mass is 442 g/mol. The number of hydrogen-bond acceptors (Lipinski definition) is 5. The third kappa shape index (κ3) is 7.60. The molecule has 0 aliphatic heterocycles. The van der Waals surface area contributed by atoms with Gasteiger partial charge < -0.3 is 15.4 Å². The van der Waals surface area contributed by atoms with Crippen LogP contribution in [0.4, 0.5) is 5.69 Å². The van der Waals surface area contributed by atoms with E-state index in [1.165, 1.54) is 12.3 Å². The summed E-state index contributed by atoms with van der Waals surface area (Å²) in [5.41, 5.74) is 5.38. The van der Waals surface area contributed by atoms with E-state index in [1.807, 2.05) is 32.0 Å². The third-order valence-electron chi connectivity index (χ3n) is 4.10. The highest BCUT2D eigenvalue weighted by Gasteiger charge is 2.11. The molecule has 0 unspecified atom stereocenters. The van der Waals surface area contributed by atoms with Gasteiger partial charge in [0.1, 0.15) is 5.75 Å². The first-order valence-electron chi connectivity index (χ1n) is 9.31. The number of nitrogens with zero attached hydrogens (tertiary/aromatic N) is 1. The van der Waals surface area contributed by atoms with E-state index in [9.17, 15) is 14.4 Å². The average molecular weight is 443 g/mol. The van der Waals surface area contributed by atoms with Gasteiger partial charge in [0.2, 0.25) is 0 Å². The van der Waals surface area contributed by atoms with Gasteiger partial charge in [-0.25, -0.2) is 5.43 Å². The van der Waals surface area contributed by atoms with Crippen LogP contribution >= 0.6 is 11.6 Å². The van der Waals surface area contributed by atoms with E-state index in [2.05, 4.69) is 27.7 Å². The van der Waals surface area contributed by atoms with E-state index < -0.39 is 11.8 Å². The average Bonchev–Trinajstić information content (AvgIpc) is 2.74. The number of benzene rings is 2. The van der Waals surface area contributed by atoms with E-state index in [0.29, 0.717) is 22.0 Å². The number of hydrazone groups is 1. The second kappa shape index (κ2) is 11.5. The first-order chi connectivity index (χ1) is 14.8. The largest absolute Gasteiger partial charge is 0.483 e. The topological polar surface area (TPSA) is 109 Å². The molecule has 0 atom stereocenters. The molecule has 162 valence electrons. The first-order valence-corrected chi connectivity index (χ1v) is 9.69. The second-order valence-electron chi connectivity index (χ2n) is 6.52. The van der Waals surface area contributed by atoms with Crippen LogP contribution in [0.1, 0.15) is 16.7 Å². The molecular formula is C22H23ClN4O4. The van der Waals surface area contributed by atoms with Crippen molar-refractivity contribution in [3.05, 3.63) is 70.8 Å². The van der Waals surface area contributed by atoms with Crippen molar-refractivity contribution in [2.45, 2.75) is 13.8 Å². The number of hydrogen-bond donors (Lipinski definition) is 3. The van der Waals surface area contributed by atoms with Crippen LogP contribution in [0, 0.1) is 13.8 Å². The molecule has 0 saturated heterocycles.